The van der Waals surface area contributed by atoms with Crippen LogP contribution in [0.1, 0.15) is 101 Å². The Labute approximate surface area is 361 Å². The van der Waals surface area contributed by atoms with Crippen LogP contribution in [0, 0.1) is 18.8 Å². The van der Waals surface area contributed by atoms with Crippen molar-refractivity contribution in [1.29, 1.82) is 0 Å². The molecule has 4 atom stereocenters. The monoisotopic (exact) mass is 843 g/mol. The third kappa shape index (κ3) is 7.84. The van der Waals surface area contributed by atoms with Crippen molar-refractivity contribution in [2.75, 3.05) is 27.3 Å². The average Bonchev–Trinajstić information content (AvgIpc) is 4.11. The van der Waals surface area contributed by atoms with E-state index >= 15 is 0 Å². The number of imidazole rings is 2. The summed E-state index contributed by atoms with van der Waals surface area (Å²) < 4.78 is 9.62. The number of amides is 4. The molecule has 62 heavy (non-hydrogen) atoms. The Balaban J connectivity index is 1.08. The van der Waals surface area contributed by atoms with Gasteiger partial charge in [0, 0.05) is 35.3 Å². The van der Waals surface area contributed by atoms with Gasteiger partial charge in [-0.25, -0.2) is 19.6 Å². The van der Waals surface area contributed by atoms with E-state index in [9.17, 15) is 19.2 Å². The van der Waals surface area contributed by atoms with E-state index in [0.29, 0.717) is 18.9 Å². The highest BCUT2D eigenvalue weighted by atomic mass is 16.5. The molecular formula is C47H57N9O6. The van der Waals surface area contributed by atoms with Crippen LogP contribution in [-0.2, 0) is 25.5 Å². The summed E-state index contributed by atoms with van der Waals surface area (Å²) in [4.78, 5) is 75.9. The SMILES string of the molecule is COC(=O)NC(C(=O)N1CCCC1c1ncc(-c2ccc(-c3ccc(-c4cnc(C5CCCN5C(=O)C(NC(=O)OC)C(C)C)[nH]4)c4[nH]c(C)cc34)c3c2C=C(C)C3)[nH]1)C(C)C. The molecule has 0 bridgehead atoms. The predicted molar refractivity (Wildman–Crippen MR) is 237 cm³/mol. The first kappa shape index (κ1) is 42.3. The number of carbonyl (C=O) groups is 4. The van der Waals surface area contributed by atoms with Gasteiger partial charge in [0.1, 0.15) is 23.7 Å². The lowest BCUT2D eigenvalue weighted by Gasteiger charge is -2.30. The molecule has 2 aliphatic heterocycles. The number of H-pyrrole nitrogens is 3. The Bertz CT molecular complexity index is 2560. The maximum absolute atomic E-state index is 13.8. The fraction of sp³-hybridized carbons (Fsp3) is 0.447. The molecule has 3 aliphatic rings. The quantitative estimate of drug-likeness (QED) is 0.0885. The normalized spacial score (nSPS) is 18.3. The summed E-state index contributed by atoms with van der Waals surface area (Å²) in [6.07, 6.45) is 8.73. The summed E-state index contributed by atoms with van der Waals surface area (Å²) in [6, 6.07) is 8.99. The Morgan fingerprint density at radius 3 is 1.74 bits per heavy atom. The lowest BCUT2D eigenvalue weighted by molar-refractivity contribution is -0.136. The van der Waals surface area contributed by atoms with Crippen molar-refractivity contribution in [2.45, 2.75) is 97.8 Å². The van der Waals surface area contributed by atoms with Crippen LogP contribution in [0.15, 0.2) is 48.3 Å². The molecule has 2 fully saturated rings. The Hall–Kier alpha value is -6.38. The molecular weight excluding hydrogens is 787 g/mol. The number of nitrogens with zero attached hydrogens (tertiary/aromatic N) is 4. The van der Waals surface area contributed by atoms with Crippen LogP contribution in [-0.4, -0.2) is 98.1 Å². The summed E-state index contributed by atoms with van der Waals surface area (Å²) in [5.41, 5.74) is 11.7. The standard InChI is InChI=1S/C47H57N9O6/c1-24(2)39(53-46(59)61-7)44(57)55-17-9-11-37(55)42-48-22-35(51-42)30-15-13-28(32-19-26(5)20-33(30)32)29-14-16-31(41-34(29)21-27(6)50-41)36-23-49-43(52-36)38-12-10-18-56(38)45(58)40(25(3)4)54-47(60)62-8/h13-16,20-25,37-40,50H,9-12,17-19H2,1-8H3,(H,48,51)(H,49,52)(H,53,59)(H,54,60). The number of rotatable bonds is 11. The Kier molecular flexibility index (Phi) is 11.7. The zero-order valence-electron chi connectivity index (χ0n) is 36.8. The number of likely N-dealkylation sites (tertiary alicyclic amines) is 2. The number of nitrogens with one attached hydrogen (secondary N) is 5. The maximum atomic E-state index is 13.8. The van der Waals surface area contributed by atoms with Gasteiger partial charge in [-0.1, -0.05) is 63.6 Å². The van der Waals surface area contributed by atoms with Crippen LogP contribution in [0.4, 0.5) is 9.59 Å². The van der Waals surface area contributed by atoms with Gasteiger partial charge in [0.25, 0.3) is 0 Å². The van der Waals surface area contributed by atoms with Gasteiger partial charge in [0.2, 0.25) is 11.8 Å². The number of methoxy groups -OCH3 is 2. The van der Waals surface area contributed by atoms with Gasteiger partial charge in [-0.05, 0) is 86.1 Å². The molecule has 5 heterocycles. The smallest absolute Gasteiger partial charge is 0.407 e. The van der Waals surface area contributed by atoms with Crippen LogP contribution in [0.5, 0.6) is 0 Å². The number of carbonyl (C=O) groups excluding carboxylic acids is 4. The topological polar surface area (TPSA) is 190 Å². The minimum atomic E-state index is -0.708. The van der Waals surface area contributed by atoms with Gasteiger partial charge in [-0.2, -0.15) is 0 Å². The summed E-state index contributed by atoms with van der Waals surface area (Å²) >= 11 is 0. The Morgan fingerprint density at radius 1 is 0.710 bits per heavy atom. The number of fused-ring (bicyclic) bond motifs is 2. The summed E-state index contributed by atoms with van der Waals surface area (Å²) in [7, 11) is 2.59. The third-order valence-electron chi connectivity index (χ3n) is 12.7. The van der Waals surface area contributed by atoms with Crippen LogP contribution in [0.25, 0.3) is 50.6 Å². The second-order valence-corrected chi connectivity index (χ2v) is 17.6. The highest BCUT2D eigenvalue weighted by Gasteiger charge is 2.39. The van der Waals surface area contributed by atoms with Crippen molar-refractivity contribution in [1.82, 2.24) is 45.4 Å². The number of hydrogen-bond donors (Lipinski definition) is 5. The van der Waals surface area contributed by atoms with Gasteiger partial charge < -0.3 is 44.9 Å². The molecule has 8 rings (SSSR count). The van der Waals surface area contributed by atoms with E-state index in [-0.39, 0.29) is 35.7 Å². The lowest BCUT2D eigenvalue weighted by Crippen LogP contribution is -2.51. The molecule has 2 saturated heterocycles. The average molecular weight is 844 g/mol. The molecule has 0 saturated carbocycles. The van der Waals surface area contributed by atoms with E-state index < -0.39 is 24.3 Å². The molecule has 0 radical (unpaired) electrons. The Morgan fingerprint density at radius 2 is 1.21 bits per heavy atom. The van der Waals surface area contributed by atoms with Crippen LogP contribution in [0.3, 0.4) is 0 Å². The molecule has 326 valence electrons. The van der Waals surface area contributed by atoms with Crippen molar-refractivity contribution in [3.63, 3.8) is 0 Å². The van der Waals surface area contributed by atoms with Gasteiger partial charge in [-0.3, -0.25) is 9.59 Å². The number of hydrogen-bond acceptors (Lipinski definition) is 8. The first-order valence-corrected chi connectivity index (χ1v) is 21.6. The van der Waals surface area contributed by atoms with Crippen molar-refractivity contribution in [3.05, 3.63) is 76.8 Å². The fourth-order valence-electron chi connectivity index (χ4n) is 9.57. The first-order valence-electron chi connectivity index (χ1n) is 21.6. The minimum Gasteiger partial charge on any atom is -0.453 e. The second-order valence-electron chi connectivity index (χ2n) is 17.6. The zero-order valence-corrected chi connectivity index (χ0v) is 36.8. The lowest BCUT2D eigenvalue weighted by atomic mass is 9.89. The predicted octanol–water partition coefficient (Wildman–Crippen LogP) is 7.97. The maximum Gasteiger partial charge on any atom is 0.407 e. The number of aryl methyl sites for hydroxylation is 1. The van der Waals surface area contributed by atoms with E-state index in [0.717, 1.165) is 93.7 Å². The molecule has 5 N–H and O–H groups in total. The van der Waals surface area contributed by atoms with Crippen LogP contribution in [0.2, 0.25) is 0 Å². The van der Waals surface area contributed by atoms with Crippen molar-refractivity contribution in [3.8, 4) is 33.6 Å². The summed E-state index contributed by atoms with van der Waals surface area (Å²) in [5.74, 6) is 0.916. The van der Waals surface area contributed by atoms with Gasteiger partial charge in [-0.15, -0.1) is 0 Å². The van der Waals surface area contributed by atoms with E-state index in [2.05, 4.69) is 75.8 Å². The van der Waals surface area contributed by atoms with E-state index in [1.54, 1.807) is 0 Å². The fourth-order valence-corrected chi connectivity index (χ4v) is 9.57. The van der Waals surface area contributed by atoms with Gasteiger partial charge >= 0.3 is 12.2 Å². The minimum absolute atomic E-state index is 0.119. The van der Waals surface area contributed by atoms with Gasteiger partial charge in [0.15, 0.2) is 0 Å². The van der Waals surface area contributed by atoms with Crippen molar-refractivity contribution >= 4 is 41.0 Å². The molecule has 0 spiro atoms. The van der Waals surface area contributed by atoms with Gasteiger partial charge in [0.05, 0.1) is 55.6 Å². The van der Waals surface area contributed by atoms with Crippen LogP contribution >= 0.6 is 0 Å². The number of alkyl carbamates (subject to hydrolysis) is 2. The number of benzene rings is 2. The number of ether oxygens (including phenoxy) is 2. The third-order valence-corrected chi connectivity index (χ3v) is 12.7. The molecule has 2 aromatic carbocycles. The molecule has 15 nitrogen and oxygen atoms in total. The molecule has 15 heteroatoms. The molecule has 1 aliphatic carbocycles. The number of aromatic nitrogens is 5. The molecule has 5 aromatic rings. The molecule has 4 amide bonds. The zero-order chi connectivity index (χ0) is 44.0. The van der Waals surface area contributed by atoms with E-state index in [4.69, 9.17) is 19.4 Å². The first-order chi connectivity index (χ1) is 29.8. The number of aromatic amines is 3. The second kappa shape index (κ2) is 17.2. The van der Waals surface area contributed by atoms with E-state index in [1.165, 1.54) is 25.4 Å². The highest BCUT2D eigenvalue weighted by molar-refractivity contribution is 6.04. The van der Waals surface area contributed by atoms with Crippen molar-refractivity contribution < 1.29 is 28.7 Å². The summed E-state index contributed by atoms with van der Waals surface area (Å²) in [5, 5.41) is 6.55. The highest BCUT2D eigenvalue weighted by Crippen LogP contribution is 2.44. The largest absolute Gasteiger partial charge is 0.453 e. The van der Waals surface area contributed by atoms with Crippen molar-refractivity contribution in [2.24, 2.45) is 11.8 Å². The molecule has 3 aromatic heterocycles. The van der Waals surface area contributed by atoms with E-state index in [1.807, 2.05) is 49.9 Å². The molecule has 4 unspecified atom stereocenters. The summed E-state index contributed by atoms with van der Waals surface area (Å²) in [6.45, 7) is 13.0. The number of allylic oxidation sites excluding steroid dienone is 1. The van der Waals surface area contributed by atoms with Crippen LogP contribution < -0.4 is 10.6 Å².